The van der Waals surface area contributed by atoms with Crippen molar-refractivity contribution < 1.29 is 8.78 Å². The smallest absolute Gasteiger partial charge is 0.162 e. The van der Waals surface area contributed by atoms with Crippen molar-refractivity contribution in [1.29, 1.82) is 0 Å². The summed E-state index contributed by atoms with van der Waals surface area (Å²) >= 11 is 0. The fraction of sp³-hybridized carbons (Fsp3) is 0.600. The van der Waals surface area contributed by atoms with Gasteiger partial charge in [0.15, 0.2) is 11.6 Å². The molecule has 2 nitrogen and oxygen atoms in total. The Bertz CT molecular complexity index is 378. The van der Waals surface area contributed by atoms with Crippen molar-refractivity contribution in [3.8, 4) is 0 Å². The fourth-order valence-electron chi connectivity index (χ4n) is 2.13. The average Bonchev–Trinajstić information content (AvgIpc) is 2.41. The Labute approximate surface area is 114 Å². The second-order valence-corrected chi connectivity index (χ2v) is 4.80. The molecule has 0 heterocycles. The van der Waals surface area contributed by atoms with Gasteiger partial charge in [0, 0.05) is 12.6 Å². The predicted molar refractivity (Wildman–Crippen MR) is 75.3 cm³/mol. The molecule has 0 saturated carbocycles. The van der Waals surface area contributed by atoms with E-state index in [1.807, 2.05) is 0 Å². The van der Waals surface area contributed by atoms with Crippen LogP contribution in [0.4, 0.5) is 8.78 Å². The molecule has 1 N–H and O–H groups in total. The van der Waals surface area contributed by atoms with Crippen LogP contribution in [-0.4, -0.2) is 37.1 Å². The van der Waals surface area contributed by atoms with Crippen molar-refractivity contribution in [3.63, 3.8) is 0 Å². The average molecular weight is 270 g/mol. The van der Waals surface area contributed by atoms with E-state index in [0.717, 1.165) is 25.7 Å². The van der Waals surface area contributed by atoms with Gasteiger partial charge in [-0.25, -0.2) is 8.78 Å². The summed E-state index contributed by atoms with van der Waals surface area (Å²) in [6, 6.07) is 4.67. The van der Waals surface area contributed by atoms with E-state index >= 15 is 0 Å². The molecule has 1 rings (SSSR count). The molecule has 19 heavy (non-hydrogen) atoms. The molecule has 0 fully saturated rings. The maximum absolute atomic E-state index is 13.4. The number of halogens is 2. The maximum Gasteiger partial charge on any atom is 0.162 e. The van der Waals surface area contributed by atoms with Gasteiger partial charge in [0.25, 0.3) is 0 Å². The zero-order chi connectivity index (χ0) is 14.3. The first-order valence-electron chi connectivity index (χ1n) is 6.97. The van der Waals surface area contributed by atoms with E-state index in [1.165, 1.54) is 0 Å². The molecule has 0 aliphatic heterocycles. The molecule has 0 spiro atoms. The number of nitrogens with one attached hydrogen (secondary N) is 1. The van der Waals surface area contributed by atoms with E-state index in [4.69, 9.17) is 0 Å². The monoisotopic (exact) mass is 270 g/mol. The molecule has 0 amide bonds. The third kappa shape index (κ3) is 5.25. The van der Waals surface area contributed by atoms with Gasteiger partial charge in [-0.15, -0.1) is 0 Å². The van der Waals surface area contributed by atoms with Gasteiger partial charge in [-0.05, 0) is 44.6 Å². The van der Waals surface area contributed by atoms with E-state index < -0.39 is 11.6 Å². The van der Waals surface area contributed by atoms with Gasteiger partial charge in [-0.3, -0.25) is 0 Å². The minimum absolute atomic E-state index is 0.344. The quantitative estimate of drug-likeness (QED) is 0.781. The molecule has 0 bridgehead atoms. The van der Waals surface area contributed by atoms with Crippen LogP contribution in [0.2, 0.25) is 0 Å². The zero-order valence-electron chi connectivity index (χ0n) is 12.0. The van der Waals surface area contributed by atoms with E-state index in [0.29, 0.717) is 24.6 Å². The SMILES string of the molecule is CCN(CC)CC(C)NCCc1cccc(F)c1F. The van der Waals surface area contributed by atoms with Gasteiger partial charge in [-0.1, -0.05) is 26.0 Å². The third-order valence-corrected chi connectivity index (χ3v) is 3.35. The number of hydrogen-bond donors (Lipinski definition) is 1. The van der Waals surface area contributed by atoms with Crippen LogP contribution < -0.4 is 5.32 Å². The summed E-state index contributed by atoms with van der Waals surface area (Å²) < 4.78 is 26.5. The van der Waals surface area contributed by atoms with Gasteiger partial charge in [-0.2, -0.15) is 0 Å². The minimum Gasteiger partial charge on any atom is -0.313 e. The van der Waals surface area contributed by atoms with Crippen LogP contribution in [0.5, 0.6) is 0 Å². The fourth-order valence-corrected chi connectivity index (χ4v) is 2.13. The minimum atomic E-state index is -0.770. The number of rotatable bonds is 8. The standard InChI is InChI=1S/C15H24F2N2/c1-4-19(5-2)11-12(3)18-10-9-13-7-6-8-14(16)15(13)17/h6-8,12,18H,4-5,9-11H2,1-3H3. The molecule has 0 aromatic heterocycles. The second-order valence-electron chi connectivity index (χ2n) is 4.80. The van der Waals surface area contributed by atoms with Crippen molar-refractivity contribution in [2.45, 2.75) is 33.2 Å². The van der Waals surface area contributed by atoms with Crippen molar-refractivity contribution >= 4 is 0 Å². The number of benzene rings is 1. The Balaban J connectivity index is 2.35. The molecule has 0 radical (unpaired) electrons. The van der Waals surface area contributed by atoms with Gasteiger partial charge in [0.2, 0.25) is 0 Å². The topological polar surface area (TPSA) is 15.3 Å². The Morgan fingerprint density at radius 3 is 2.53 bits per heavy atom. The van der Waals surface area contributed by atoms with Crippen molar-refractivity contribution in [3.05, 3.63) is 35.4 Å². The van der Waals surface area contributed by atoms with E-state index in [9.17, 15) is 8.78 Å². The first-order valence-corrected chi connectivity index (χ1v) is 6.97. The molecular weight excluding hydrogens is 246 g/mol. The maximum atomic E-state index is 13.4. The summed E-state index contributed by atoms with van der Waals surface area (Å²) in [6.07, 6.45) is 0.506. The molecule has 1 atom stereocenters. The van der Waals surface area contributed by atoms with Crippen molar-refractivity contribution in [2.24, 2.45) is 0 Å². The summed E-state index contributed by atoms with van der Waals surface area (Å²) in [5.41, 5.74) is 0.433. The summed E-state index contributed by atoms with van der Waals surface area (Å²) in [5, 5.41) is 3.35. The van der Waals surface area contributed by atoms with Crippen LogP contribution >= 0.6 is 0 Å². The van der Waals surface area contributed by atoms with E-state index in [2.05, 4.69) is 31.0 Å². The first kappa shape index (κ1) is 16.1. The lowest BCUT2D eigenvalue weighted by atomic mass is 10.1. The highest BCUT2D eigenvalue weighted by molar-refractivity contribution is 5.19. The Morgan fingerprint density at radius 1 is 1.21 bits per heavy atom. The van der Waals surface area contributed by atoms with Gasteiger partial charge in [0.05, 0.1) is 0 Å². The number of nitrogens with zero attached hydrogens (tertiary/aromatic N) is 1. The van der Waals surface area contributed by atoms with Crippen LogP contribution in [0.3, 0.4) is 0 Å². The van der Waals surface area contributed by atoms with E-state index in [-0.39, 0.29) is 0 Å². The highest BCUT2D eigenvalue weighted by atomic mass is 19.2. The van der Waals surface area contributed by atoms with Crippen LogP contribution in [0, 0.1) is 11.6 Å². The second kappa shape index (κ2) is 8.23. The van der Waals surface area contributed by atoms with Crippen molar-refractivity contribution in [1.82, 2.24) is 10.2 Å². The molecule has 0 saturated heterocycles. The van der Waals surface area contributed by atoms with Gasteiger partial charge in [0.1, 0.15) is 0 Å². The summed E-state index contributed by atoms with van der Waals surface area (Å²) in [4.78, 5) is 2.33. The van der Waals surface area contributed by atoms with Crippen LogP contribution in [0.1, 0.15) is 26.3 Å². The Morgan fingerprint density at radius 2 is 1.89 bits per heavy atom. The highest BCUT2D eigenvalue weighted by Gasteiger charge is 2.09. The summed E-state index contributed by atoms with van der Waals surface area (Å²) in [5.74, 6) is -1.49. The third-order valence-electron chi connectivity index (χ3n) is 3.35. The molecular formula is C15H24F2N2. The van der Waals surface area contributed by atoms with Crippen molar-refractivity contribution in [2.75, 3.05) is 26.2 Å². The molecule has 108 valence electrons. The van der Waals surface area contributed by atoms with E-state index in [1.54, 1.807) is 12.1 Å². The molecule has 0 aliphatic rings. The lowest BCUT2D eigenvalue weighted by Crippen LogP contribution is -2.39. The lowest BCUT2D eigenvalue weighted by Gasteiger charge is -2.23. The lowest BCUT2D eigenvalue weighted by molar-refractivity contribution is 0.272. The van der Waals surface area contributed by atoms with Gasteiger partial charge >= 0.3 is 0 Å². The summed E-state index contributed by atoms with van der Waals surface area (Å²) in [6.45, 7) is 10.1. The molecule has 1 unspecified atom stereocenters. The normalized spacial score (nSPS) is 12.9. The molecule has 1 aromatic rings. The Hall–Kier alpha value is -1.00. The molecule has 1 aromatic carbocycles. The molecule has 0 aliphatic carbocycles. The largest absolute Gasteiger partial charge is 0.313 e. The van der Waals surface area contributed by atoms with Crippen LogP contribution in [0.15, 0.2) is 18.2 Å². The zero-order valence-corrected chi connectivity index (χ0v) is 12.0. The number of likely N-dealkylation sites (N-methyl/N-ethyl adjacent to an activating group) is 1. The van der Waals surface area contributed by atoms with Crippen LogP contribution in [0.25, 0.3) is 0 Å². The predicted octanol–water partition coefficient (Wildman–Crippen LogP) is 2.83. The van der Waals surface area contributed by atoms with Gasteiger partial charge < -0.3 is 10.2 Å². The first-order chi connectivity index (χ1) is 9.08. The highest BCUT2D eigenvalue weighted by Crippen LogP contribution is 2.11. The molecule has 4 heteroatoms. The number of hydrogen-bond acceptors (Lipinski definition) is 2. The Kier molecular flexibility index (Phi) is 6.95. The van der Waals surface area contributed by atoms with Crippen LogP contribution in [-0.2, 0) is 6.42 Å². The summed E-state index contributed by atoms with van der Waals surface area (Å²) in [7, 11) is 0.